The molecule has 0 aromatic heterocycles. The van der Waals surface area contributed by atoms with Crippen molar-refractivity contribution in [3.8, 4) is 0 Å². The summed E-state index contributed by atoms with van der Waals surface area (Å²) >= 11 is 0. The van der Waals surface area contributed by atoms with Crippen molar-refractivity contribution >= 4 is 0 Å². The van der Waals surface area contributed by atoms with Gasteiger partial charge in [-0.2, -0.15) is 0 Å². The highest BCUT2D eigenvalue weighted by Crippen LogP contribution is 2.18. The Labute approximate surface area is 127 Å². The van der Waals surface area contributed by atoms with Crippen LogP contribution in [-0.2, 0) is 4.74 Å². The SMILES string of the molecule is CCC(CC)N(CCOC)C(C)C(C)CNC(C)(C)C. The lowest BCUT2D eigenvalue weighted by atomic mass is 9.97. The number of hydrogen-bond acceptors (Lipinski definition) is 3. The smallest absolute Gasteiger partial charge is 0.0589 e. The molecule has 0 fully saturated rings. The fraction of sp³-hybridized carbons (Fsp3) is 1.00. The summed E-state index contributed by atoms with van der Waals surface area (Å²) in [4.78, 5) is 2.64. The van der Waals surface area contributed by atoms with Gasteiger partial charge in [0.25, 0.3) is 0 Å². The van der Waals surface area contributed by atoms with E-state index in [2.05, 4.69) is 58.7 Å². The van der Waals surface area contributed by atoms with Gasteiger partial charge < -0.3 is 10.1 Å². The van der Waals surface area contributed by atoms with Gasteiger partial charge in [0.05, 0.1) is 6.61 Å². The van der Waals surface area contributed by atoms with Gasteiger partial charge in [0.15, 0.2) is 0 Å². The van der Waals surface area contributed by atoms with Crippen LogP contribution < -0.4 is 5.32 Å². The molecule has 0 saturated heterocycles. The number of hydrogen-bond donors (Lipinski definition) is 1. The molecule has 3 heteroatoms. The lowest BCUT2D eigenvalue weighted by molar-refractivity contribution is 0.0631. The Balaban J connectivity index is 4.61. The summed E-state index contributed by atoms with van der Waals surface area (Å²) < 4.78 is 5.30. The third kappa shape index (κ3) is 7.61. The van der Waals surface area contributed by atoms with Gasteiger partial charge in [0, 0.05) is 31.3 Å². The Morgan fingerprint density at radius 1 is 1.10 bits per heavy atom. The molecule has 0 aliphatic carbocycles. The summed E-state index contributed by atoms with van der Waals surface area (Å²) in [7, 11) is 1.79. The molecule has 0 saturated carbocycles. The van der Waals surface area contributed by atoms with E-state index in [1.54, 1.807) is 7.11 Å². The minimum Gasteiger partial charge on any atom is -0.383 e. The molecule has 0 aromatic rings. The summed E-state index contributed by atoms with van der Waals surface area (Å²) in [6.45, 7) is 18.9. The summed E-state index contributed by atoms with van der Waals surface area (Å²) in [5, 5.41) is 3.63. The molecule has 2 unspecified atom stereocenters. The maximum Gasteiger partial charge on any atom is 0.0589 e. The first-order chi connectivity index (χ1) is 9.26. The third-order valence-electron chi connectivity index (χ3n) is 4.27. The molecule has 3 nitrogen and oxygen atoms in total. The second-order valence-corrected chi connectivity index (χ2v) is 7.05. The highest BCUT2D eigenvalue weighted by Gasteiger charge is 2.25. The van der Waals surface area contributed by atoms with Crippen molar-refractivity contribution in [2.45, 2.75) is 78.9 Å². The van der Waals surface area contributed by atoms with Crippen LogP contribution in [-0.4, -0.2) is 49.3 Å². The maximum absolute atomic E-state index is 5.30. The van der Waals surface area contributed by atoms with Crippen molar-refractivity contribution in [1.29, 1.82) is 0 Å². The molecule has 0 aromatic carbocycles. The van der Waals surface area contributed by atoms with Crippen molar-refractivity contribution in [1.82, 2.24) is 10.2 Å². The highest BCUT2D eigenvalue weighted by molar-refractivity contribution is 4.81. The molecular weight excluding hydrogens is 248 g/mol. The molecule has 0 heterocycles. The quantitative estimate of drug-likeness (QED) is 0.665. The number of nitrogens with zero attached hydrogens (tertiary/aromatic N) is 1. The highest BCUT2D eigenvalue weighted by atomic mass is 16.5. The van der Waals surface area contributed by atoms with Crippen molar-refractivity contribution in [2.75, 3.05) is 26.8 Å². The van der Waals surface area contributed by atoms with Crippen LogP contribution in [0.3, 0.4) is 0 Å². The van der Waals surface area contributed by atoms with Gasteiger partial charge in [-0.1, -0.05) is 20.8 Å². The van der Waals surface area contributed by atoms with Crippen molar-refractivity contribution in [3.63, 3.8) is 0 Å². The van der Waals surface area contributed by atoms with E-state index in [0.717, 1.165) is 19.7 Å². The minimum absolute atomic E-state index is 0.195. The van der Waals surface area contributed by atoms with E-state index in [1.807, 2.05) is 0 Å². The van der Waals surface area contributed by atoms with E-state index >= 15 is 0 Å². The van der Waals surface area contributed by atoms with Crippen LogP contribution in [0.25, 0.3) is 0 Å². The van der Waals surface area contributed by atoms with Gasteiger partial charge in [0.2, 0.25) is 0 Å². The third-order valence-corrected chi connectivity index (χ3v) is 4.27. The number of methoxy groups -OCH3 is 1. The largest absolute Gasteiger partial charge is 0.383 e. The van der Waals surface area contributed by atoms with Gasteiger partial charge in [-0.25, -0.2) is 0 Å². The molecule has 122 valence electrons. The van der Waals surface area contributed by atoms with Gasteiger partial charge in [-0.05, 0) is 53.0 Å². The molecule has 2 atom stereocenters. The molecule has 0 amide bonds. The van der Waals surface area contributed by atoms with Gasteiger partial charge in [-0.15, -0.1) is 0 Å². The zero-order chi connectivity index (χ0) is 15.8. The summed E-state index contributed by atoms with van der Waals surface area (Å²) in [5.74, 6) is 0.631. The first-order valence-electron chi connectivity index (χ1n) is 8.26. The molecule has 0 aliphatic rings. The first kappa shape index (κ1) is 19.9. The summed E-state index contributed by atoms with van der Waals surface area (Å²) in [5.41, 5.74) is 0.195. The average Bonchev–Trinajstić information content (AvgIpc) is 2.39. The predicted octanol–water partition coefficient (Wildman–Crippen LogP) is 3.54. The van der Waals surface area contributed by atoms with Gasteiger partial charge >= 0.3 is 0 Å². The van der Waals surface area contributed by atoms with E-state index in [0.29, 0.717) is 18.0 Å². The number of nitrogens with one attached hydrogen (secondary N) is 1. The van der Waals surface area contributed by atoms with Crippen LogP contribution in [0.5, 0.6) is 0 Å². The van der Waals surface area contributed by atoms with Crippen LogP contribution in [0.2, 0.25) is 0 Å². The van der Waals surface area contributed by atoms with Crippen LogP contribution in [0.1, 0.15) is 61.3 Å². The average molecular weight is 287 g/mol. The van der Waals surface area contributed by atoms with E-state index in [4.69, 9.17) is 4.74 Å². The molecular formula is C17H38N2O. The Morgan fingerprint density at radius 3 is 2.05 bits per heavy atom. The first-order valence-corrected chi connectivity index (χ1v) is 8.26. The molecule has 20 heavy (non-hydrogen) atoms. The molecule has 0 rings (SSSR count). The van der Waals surface area contributed by atoms with Crippen LogP contribution in [0, 0.1) is 5.92 Å². The van der Waals surface area contributed by atoms with Gasteiger partial charge in [0.1, 0.15) is 0 Å². The lowest BCUT2D eigenvalue weighted by Crippen LogP contribution is -2.49. The fourth-order valence-electron chi connectivity index (χ4n) is 2.64. The van der Waals surface area contributed by atoms with E-state index in [1.165, 1.54) is 12.8 Å². The fourth-order valence-corrected chi connectivity index (χ4v) is 2.64. The number of rotatable bonds is 10. The van der Waals surface area contributed by atoms with E-state index in [-0.39, 0.29) is 5.54 Å². The maximum atomic E-state index is 5.30. The van der Waals surface area contributed by atoms with Crippen LogP contribution >= 0.6 is 0 Å². The Morgan fingerprint density at radius 2 is 1.65 bits per heavy atom. The molecule has 0 aliphatic heterocycles. The summed E-state index contributed by atoms with van der Waals surface area (Å²) in [6, 6.07) is 1.24. The molecule has 1 N–H and O–H groups in total. The van der Waals surface area contributed by atoms with Crippen molar-refractivity contribution in [2.24, 2.45) is 5.92 Å². The summed E-state index contributed by atoms with van der Waals surface area (Å²) in [6.07, 6.45) is 2.42. The Bertz CT molecular complexity index is 234. The van der Waals surface area contributed by atoms with Crippen molar-refractivity contribution in [3.05, 3.63) is 0 Å². The second-order valence-electron chi connectivity index (χ2n) is 7.05. The molecule has 0 spiro atoms. The Kier molecular flexibility index (Phi) is 9.69. The zero-order valence-electron chi connectivity index (χ0n) is 15.1. The topological polar surface area (TPSA) is 24.5 Å². The lowest BCUT2D eigenvalue weighted by Gasteiger charge is -2.39. The Hall–Kier alpha value is -0.120. The number of ether oxygens (including phenoxy) is 1. The van der Waals surface area contributed by atoms with E-state index in [9.17, 15) is 0 Å². The molecule has 0 bridgehead atoms. The monoisotopic (exact) mass is 286 g/mol. The van der Waals surface area contributed by atoms with Gasteiger partial charge in [-0.3, -0.25) is 4.90 Å². The second kappa shape index (κ2) is 9.75. The predicted molar refractivity (Wildman–Crippen MR) is 89.3 cm³/mol. The van der Waals surface area contributed by atoms with Crippen LogP contribution in [0.15, 0.2) is 0 Å². The van der Waals surface area contributed by atoms with Crippen molar-refractivity contribution < 1.29 is 4.74 Å². The zero-order valence-corrected chi connectivity index (χ0v) is 15.1. The van der Waals surface area contributed by atoms with E-state index < -0.39 is 0 Å². The standard InChI is InChI=1S/C17H38N2O/c1-9-16(10-2)19(11-12-20-8)15(4)14(3)13-18-17(5,6)7/h14-16,18H,9-13H2,1-8H3. The normalized spacial score (nSPS) is 15.9. The minimum atomic E-state index is 0.195. The molecule has 0 radical (unpaired) electrons. The van der Waals surface area contributed by atoms with Crippen LogP contribution in [0.4, 0.5) is 0 Å².